The summed E-state index contributed by atoms with van der Waals surface area (Å²) in [6.45, 7) is 3.09. The van der Waals surface area contributed by atoms with Crippen molar-refractivity contribution in [2.75, 3.05) is 49.3 Å². The van der Waals surface area contributed by atoms with E-state index in [1.54, 1.807) is 11.8 Å². The molecule has 3 aromatic carbocycles. The zero-order valence-electron chi connectivity index (χ0n) is 20.9. The van der Waals surface area contributed by atoms with E-state index < -0.39 is 6.04 Å². The van der Waals surface area contributed by atoms with Crippen LogP contribution in [0.5, 0.6) is 0 Å². The summed E-state index contributed by atoms with van der Waals surface area (Å²) in [5.41, 5.74) is 4.51. The summed E-state index contributed by atoms with van der Waals surface area (Å²) in [6.07, 6.45) is 3.25. The zero-order chi connectivity index (χ0) is 25.6. The topological polar surface area (TPSA) is 61.9 Å². The number of nitrogens with one attached hydrogen (secondary N) is 1. The monoisotopic (exact) mass is 513 g/mol. The fourth-order valence-corrected chi connectivity index (χ4v) is 5.96. The van der Waals surface area contributed by atoms with E-state index in [9.17, 15) is 9.59 Å². The Morgan fingerprint density at radius 2 is 1.59 bits per heavy atom. The van der Waals surface area contributed by atoms with Crippen molar-refractivity contribution in [1.29, 1.82) is 0 Å². The van der Waals surface area contributed by atoms with Crippen molar-refractivity contribution in [3.8, 4) is 0 Å². The molecule has 2 heterocycles. The molecule has 0 bridgehead atoms. The summed E-state index contributed by atoms with van der Waals surface area (Å²) in [6, 6.07) is 25.2. The molecule has 3 aromatic rings. The summed E-state index contributed by atoms with van der Waals surface area (Å²) in [5, 5.41) is 3.06. The highest BCUT2D eigenvalue weighted by molar-refractivity contribution is 8.08. The normalized spacial score (nSPS) is 16.7. The Morgan fingerprint density at radius 1 is 0.892 bits per heavy atom. The number of hydrogen-bond donors (Lipinski definition) is 1. The molecule has 0 aromatic heterocycles. The van der Waals surface area contributed by atoms with Gasteiger partial charge in [0.05, 0.1) is 7.11 Å². The van der Waals surface area contributed by atoms with Gasteiger partial charge in [-0.05, 0) is 42.3 Å². The van der Waals surface area contributed by atoms with Crippen LogP contribution in [0.3, 0.4) is 0 Å². The van der Waals surface area contributed by atoms with Crippen molar-refractivity contribution < 1.29 is 14.3 Å². The van der Waals surface area contributed by atoms with Gasteiger partial charge in [0.25, 0.3) is 5.91 Å². The Balaban J connectivity index is 1.22. The molecule has 1 amide bonds. The molecule has 1 N–H and O–H groups in total. The van der Waals surface area contributed by atoms with Crippen molar-refractivity contribution in [2.24, 2.45) is 0 Å². The molecular weight excluding hydrogens is 482 g/mol. The molecule has 5 rings (SSSR count). The second kappa shape index (κ2) is 11.7. The number of thioether (sulfide) groups is 1. The number of ether oxygens (including phenoxy) is 1. The fraction of sp³-hybridized carbons (Fsp3) is 0.267. The maximum Gasteiger partial charge on any atom is 0.327 e. The third kappa shape index (κ3) is 5.73. The van der Waals surface area contributed by atoms with Gasteiger partial charge in [-0.2, -0.15) is 0 Å². The van der Waals surface area contributed by atoms with Crippen LogP contribution in [0.4, 0.5) is 11.4 Å². The number of nitrogens with zero attached hydrogens (tertiary/aromatic N) is 2. The lowest BCUT2D eigenvalue weighted by Crippen LogP contribution is -2.49. The largest absolute Gasteiger partial charge is 0.468 e. The van der Waals surface area contributed by atoms with Gasteiger partial charge in [0.2, 0.25) is 0 Å². The van der Waals surface area contributed by atoms with Gasteiger partial charge in [-0.25, -0.2) is 4.79 Å². The van der Waals surface area contributed by atoms with Gasteiger partial charge in [-0.15, -0.1) is 11.8 Å². The number of piperazine rings is 1. The Hall–Kier alpha value is -3.55. The van der Waals surface area contributed by atoms with Gasteiger partial charge in [-0.3, -0.25) is 9.69 Å². The molecule has 1 atom stereocenters. The SMILES string of the molecule is COC(=O)C(c1ccccc1)N1CCN(c2ccc(NC(=O)c3ccccc3C3=CCCS3)cc2)CC1. The highest BCUT2D eigenvalue weighted by Gasteiger charge is 2.31. The van der Waals surface area contributed by atoms with Crippen molar-refractivity contribution in [3.05, 3.63) is 102 Å². The molecule has 1 fully saturated rings. The van der Waals surface area contributed by atoms with Crippen molar-refractivity contribution in [3.63, 3.8) is 0 Å². The molecule has 7 heteroatoms. The van der Waals surface area contributed by atoms with Gasteiger partial charge in [-0.1, -0.05) is 54.6 Å². The number of rotatable bonds is 7. The van der Waals surface area contributed by atoms with Gasteiger partial charge < -0.3 is 15.0 Å². The van der Waals surface area contributed by atoms with Crippen LogP contribution in [-0.4, -0.2) is 55.8 Å². The highest BCUT2D eigenvalue weighted by atomic mass is 32.2. The van der Waals surface area contributed by atoms with Crippen molar-refractivity contribution in [2.45, 2.75) is 12.5 Å². The first-order valence-corrected chi connectivity index (χ1v) is 13.6. The number of esters is 1. The third-order valence-electron chi connectivity index (χ3n) is 6.85. The van der Waals surface area contributed by atoms with E-state index in [0.717, 1.165) is 60.9 Å². The molecular formula is C30H31N3O3S. The minimum Gasteiger partial charge on any atom is -0.468 e. The first kappa shape index (κ1) is 25.1. The molecule has 37 heavy (non-hydrogen) atoms. The van der Waals surface area contributed by atoms with Gasteiger partial charge in [0.15, 0.2) is 0 Å². The molecule has 0 radical (unpaired) electrons. The number of carbonyl (C=O) groups excluding carboxylic acids is 2. The van der Waals surface area contributed by atoms with Crippen LogP contribution in [0.15, 0.2) is 84.9 Å². The van der Waals surface area contributed by atoms with Crippen LogP contribution in [0, 0.1) is 0 Å². The maximum atomic E-state index is 13.1. The molecule has 2 aliphatic heterocycles. The van der Waals surface area contributed by atoms with Crippen LogP contribution < -0.4 is 10.2 Å². The van der Waals surface area contributed by atoms with E-state index >= 15 is 0 Å². The fourth-order valence-electron chi connectivity index (χ4n) is 4.94. The van der Waals surface area contributed by atoms with Crippen LogP contribution in [0.2, 0.25) is 0 Å². The number of hydrogen-bond acceptors (Lipinski definition) is 6. The van der Waals surface area contributed by atoms with Crippen molar-refractivity contribution >= 4 is 39.9 Å². The lowest BCUT2D eigenvalue weighted by atomic mass is 10.0. The summed E-state index contributed by atoms with van der Waals surface area (Å²) >= 11 is 1.80. The van der Waals surface area contributed by atoms with E-state index in [4.69, 9.17) is 4.74 Å². The number of amides is 1. The van der Waals surface area contributed by atoms with E-state index in [2.05, 4.69) is 21.2 Å². The first-order chi connectivity index (χ1) is 18.1. The summed E-state index contributed by atoms with van der Waals surface area (Å²) in [4.78, 5) is 31.3. The number of methoxy groups -OCH3 is 1. The maximum absolute atomic E-state index is 13.1. The van der Waals surface area contributed by atoms with E-state index in [0.29, 0.717) is 5.56 Å². The zero-order valence-corrected chi connectivity index (χ0v) is 21.7. The molecule has 6 nitrogen and oxygen atoms in total. The Kier molecular flexibility index (Phi) is 7.92. The van der Waals surface area contributed by atoms with Crippen LogP contribution in [0.25, 0.3) is 4.91 Å². The van der Waals surface area contributed by atoms with Gasteiger partial charge >= 0.3 is 5.97 Å². The molecule has 1 unspecified atom stereocenters. The quantitative estimate of drug-likeness (QED) is 0.424. The molecule has 1 saturated heterocycles. The first-order valence-electron chi connectivity index (χ1n) is 12.6. The van der Waals surface area contributed by atoms with Crippen LogP contribution in [-0.2, 0) is 9.53 Å². The number of anilines is 2. The standard InChI is InChI=1S/C30H31N3O3S/c1-36-30(35)28(22-8-3-2-4-9-22)33-19-17-32(18-20-33)24-15-13-23(14-16-24)31-29(34)26-11-6-5-10-25(26)27-12-7-21-37-27/h2-6,8-16,28H,7,17-21H2,1H3,(H,31,34). The molecule has 0 saturated carbocycles. The van der Waals surface area contributed by atoms with E-state index in [1.807, 2.05) is 78.9 Å². The summed E-state index contributed by atoms with van der Waals surface area (Å²) in [5.74, 6) is 0.737. The minimum absolute atomic E-state index is 0.0971. The summed E-state index contributed by atoms with van der Waals surface area (Å²) < 4.78 is 5.11. The molecule has 2 aliphatic rings. The average molecular weight is 514 g/mol. The predicted octanol–water partition coefficient (Wildman–Crippen LogP) is 5.45. The van der Waals surface area contributed by atoms with Gasteiger partial charge in [0, 0.05) is 59.3 Å². The Morgan fingerprint density at radius 3 is 2.27 bits per heavy atom. The van der Waals surface area contributed by atoms with Crippen LogP contribution in [0.1, 0.15) is 33.9 Å². The minimum atomic E-state index is -0.396. The predicted molar refractivity (Wildman–Crippen MR) is 151 cm³/mol. The van der Waals surface area contributed by atoms with Crippen LogP contribution >= 0.6 is 11.8 Å². The van der Waals surface area contributed by atoms with Crippen molar-refractivity contribution in [1.82, 2.24) is 4.90 Å². The number of benzene rings is 3. The Bertz CT molecular complexity index is 1270. The summed E-state index contributed by atoms with van der Waals surface area (Å²) in [7, 11) is 1.44. The van der Waals surface area contributed by atoms with E-state index in [1.165, 1.54) is 12.0 Å². The second-order valence-corrected chi connectivity index (χ2v) is 10.2. The smallest absolute Gasteiger partial charge is 0.327 e. The molecule has 0 aliphatic carbocycles. The third-order valence-corrected chi connectivity index (χ3v) is 7.99. The lowest BCUT2D eigenvalue weighted by molar-refractivity contribution is -0.147. The number of carbonyl (C=O) groups is 2. The second-order valence-electron chi connectivity index (χ2n) is 9.11. The number of allylic oxidation sites excluding steroid dienone is 1. The highest BCUT2D eigenvalue weighted by Crippen LogP contribution is 2.36. The lowest BCUT2D eigenvalue weighted by Gasteiger charge is -2.39. The average Bonchev–Trinajstić information content (AvgIpc) is 3.50. The Labute approximate surface area is 222 Å². The van der Waals surface area contributed by atoms with E-state index in [-0.39, 0.29) is 11.9 Å². The molecule has 190 valence electrons. The van der Waals surface area contributed by atoms with Gasteiger partial charge in [0.1, 0.15) is 6.04 Å². The molecule has 0 spiro atoms.